The lowest BCUT2D eigenvalue weighted by Gasteiger charge is -2.14. The van der Waals surface area contributed by atoms with Crippen molar-refractivity contribution in [1.82, 2.24) is 5.32 Å². The van der Waals surface area contributed by atoms with E-state index in [9.17, 15) is 9.59 Å². The Kier molecular flexibility index (Phi) is 7.25. The molecule has 0 saturated carbocycles. The third-order valence-electron chi connectivity index (χ3n) is 4.79. The van der Waals surface area contributed by atoms with Crippen molar-refractivity contribution in [3.8, 4) is 5.75 Å². The molecule has 3 rings (SSSR count). The molecule has 1 aliphatic rings. The molecule has 0 bridgehead atoms. The minimum atomic E-state index is -0.886. The van der Waals surface area contributed by atoms with Crippen molar-refractivity contribution in [2.75, 3.05) is 13.2 Å². The molecule has 6 nitrogen and oxygen atoms in total. The molecule has 2 aromatic carbocycles. The molecule has 2 aromatic rings. The molecule has 1 amide bonds. The zero-order valence-corrected chi connectivity index (χ0v) is 16.9. The summed E-state index contributed by atoms with van der Waals surface area (Å²) in [7, 11) is 0. The van der Waals surface area contributed by atoms with Gasteiger partial charge in [0, 0.05) is 13.2 Å². The molecule has 0 spiro atoms. The van der Waals surface area contributed by atoms with E-state index >= 15 is 0 Å². The summed E-state index contributed by atoms with van der Waals surface area (Å²) < 4.78 is 16.5. The number of rotatable bonds is 8. The van der Waals surface area contributed by atoms with E-state index in [1.165, 1.54) is 0 Å². The van der Waals surface area contributed by atoms with Gasteiger partial charge in [-0.3, -0.25) is 4.79 Å². The van der Waals surface area contributed by atoms with Gasteiger partial charge >= 0.3 is 5.97 Å². The van der Waals surface area contributed by atoms with Gasteiger partial charge in [-0.25, -0.2) is 4.79 Å². The summed E-state index contributed by atoms with van der Waals surface area (Å²) in [5, 5.41) is 2.78. The molecule has 2 atom stereocenters. The molecule has 154 valence electrons. The topological polar surface area (TPSA) is 73.9 Å². The minimum Gasteiger partial charge on any atom is -0.491 e. The third-order valence-corrected chi connectivity index (χ3v) is 4.79. The Labute approximate surface area is 171 Å². The maximum Gasteiger partial charge on any atom is 0.338 e. The third kappa shape index (κ3) is 6.32. The normalized spacial score (nSPS) is 16.8. The van der Waals surface area contributed by atoms with Crippen molar-refractivity contribution < 1.29 is 23.8 Å². The predicted molar refractivity (Wildman–Crippen MR) is 109 cm³/mol. The number of esters is 1. The fourth-order valence-electron chi connectivity index (χ4n) is 2.97. The lowest BCUT2D eigenvalue weighted by atomic mass is 10.1. The van der Waals surface area contributed by atoms with Crippen LogP contribution in [0.1, 0.15) is 41.3 Å². The average molecular weight is 397 g/mol. The first-order valence-corrected chi connectivity index (χ1v) is 9.90. The Morgan fingerprint density at radius 2 is 1.86 bits per heavy atom. The van der Waals surface area contributed by atoms with Crippen LogP contribution < -0.4 is 10.1 Å². The molecule has 1 saturated heterocycles. The van der Waals surface area contributed by atoms with Crippen molar-refractivity contribution in [2.24, 2.45) is 0 Å². The summed E-state index contributed by atoms with van der Waals surface area (Å²) in [5.41, 5.74) is 2.51. The summed E-state index contributed by atoms with van der Waals surface area (Å²) >= 11 is 0. The quantitative estimate of drug-likeness (QED) is 0.691. The standard InChI is InChI=1S/C23H27NO5/c1-16-5-7-18(8-6-16)14-24-22(25)17(2)29-23(26)19-9-11-20(12-10-19)28-15-21-4-3-13-27-21/h5-12,17,21H,3-4,13-15H2,1-2H3,(H,24,25)/t17-,21-/m0/s1. The molecule has 6 heteroatoms. The Bertz CT molecular complexity index is 810. The predicted octanol–water partition coefficient (Wildman–Crippen LogP) is 3.41. The molecule has 1 aliphatic heterocycles. The summed E-state index contributed by atoms with van der Waals surface area (Å²) in [6.45, 7) is 5.24. The van der Waals surface area contributed by atoms with Crippen LogP contribution in [0.25, 0.3) is 0 Å². The Hall–Kier alpha value is -2.86. The number of nitrogens with one attached hydrogen (secondary N) is 1. The first-order chi connectivity index (χ1) is 14.0. The number of ether oxygens (including phenoxy) is 3. The summed E-state index contributed by atoms with van der Waals surface area (Å²) in [6, 6.07) is 14.6. The van der Waals surface area contributed by atoms with Crippen LogP contribution in [0, 0.1) is 6.92 Å². The highest BCUT2D eigenvalue weighted by atomic mass is 16.5. The second kappa shape index (κ2) is 10.1. The maximum atomic E-state index is 12.3. The van der Waals surface area contributed by atoms with Gasteiger partial charge < -0.3 is 19.5 Å². The first kappa shape index (κ1) is 20.9. The number of benzene rings is 2. The first-order valence-electron chi connectivity index (χ1n) is 9.90. The SMILES string of the molecule is Cc1ccc(CNC(=O)[C@H](C)OC(=O)c2ccc(OC[C@@H]3CCCO3)cc2)cc1. The van der Waals surface area contributed by atoms with Crippen molar-refractivity contribution >= 4 is 11.9 Å². The lowest BCUT2D eigenvalue weighted by Crippen LogP contribution is -2.35. The van der Waals surface area contributed by atoms with Crippen LogP contribution in [-0.2, 0) is 20.8 Å². The smallest absolute Gasteiger partial charge is 0.338 e. The number of hydrogen-bond acceptors (Lipinski definition) is 5. The molecule has 1 N–H and O–H groups in total. The fraction of sp³-hybridized carbons (Fsp3) is 0.391. The molecule has 1 fully saturated rings. The Balaban J connectivity index is 1.44. The van der Waals surface area contributed by atoms with Gasteiger partial charge in [0.05, 0.1) is 11.7 Å². The zero-order valence-electron chi connectivity index (χ0n) is 16.9. The Morgan fingerprint density at radius 1 is 1.14 bits per heavy atom. The number of amides is 1. The summed E-state index contributed by atoms with van der Waals surface area (Å²) in [5.74, 6) is -0.218. The molecular formula is C23H27NO5. The number of carbonyl (C=O) groups excluding carboxylic acids is 2. The van der Waals surface area contributed by atoms with Gasteiger partial charge in [-0.15, -0.1) is 0 Å². The van der Waals surface area contributed by atoms with Crippen molar-refractivity contribution in [3.63, 3.8) is 0 Å². The number of hydrogen-bond donors (Lipinski definition) is 1. The van der Waals surface area contributed by atoms with Gasteiger partial charge in [0.25, 0.3) is 5.91 Å². The highest BCUT2D eigenvalue weighted by molar-refractivity contribution is 5.92. The minimum absolute atomic E-state index is 0.138. The van der Waals surface area contributed by atoms with Crippen LogP contribution in [-0.4, -0.2) is 37.3 Å². The van der Waals surface area contributed by atoms with E-state index in [0.717, 1.165) is 30.6 Å². The highest BCUT2D eigenvalue weighted by Crippen LogP contribution is 2.17. The lowest BCUT2D eigenvalue weighted by molar-refractivity contribution is -0.129. The monoisotopic (exact) mass is 397 g/mol. The highest BCUT2D eigenvalue weighted by Gasteiger charge is 2.19. The molecule has 29 heavy (non-hydrogen) atoms. The van der Waals surface area contributed by atoms with E-state index in [-0.39, 0.29) is 12.0 Å². The van der Waals surface area contributed by atoms with Crippen LogP contribution in [0.5, 0.6) is 5.75 Å². The van der Waals surface area contributed by atoms with Crippen molar-refractivity contribution in [2.45, 2.75) is 45.4 Å². The van der Waals surface area contributed by atoms with Gasteiger partial charge in [-0.05, 0) is 56.5 Å². The van der Waals surface area contributed by atoms with Crippen LogP contribution >= 0.6 is 0 Å². The van der Waals surface area contributed by atoms with Gasteiger partial charge in [0.2, 0.25) is 0 Å². The van der Waals surface area contributed by atoms with Crippen LogP contribution in [0.15, 0.2) is 48.5 Å². The maximum absolute atomic E-state index is 12.3. The van der Waals surface area contributed by atoms with E-state index < -0.39 is 12.1 Å². The van der Waals surface area contributed by atoms with Crippen molar-refractivity contribution in [1.29, 1.82) is 0 Å². The van der Waals surface area contributed by atoms with E-state index in [2.05, 4.69) is 5.32 Å². The second-order valence-electron chi connectivity index (χ2n) is 7.22. The van der Waals surface area contributed by atoms with E-state index in [1.807, 2.05) is 31.2 Å². The molecular weight excluding hydrogens is 370 g/mol. The summed E-state index contributed by atoms with van der Waals surface area (Å²) in [4.78, 5) is 24.5. The summed E-state index contributed by atoms with van der Waals surface area (Å²) in [6.07, 6.45) is 1.33. The molecule has 0 aromatic heterocycles. The number of carbonyl (C=O) groups is 2. The van der Waals surface area contributed by atoms with Crippen molar-refractivity contribution in [3.05, 3.63) is 65.2 Å². The molecule has 0 unspecified atom stereocenters. The zero-order chi connectivity index (χ0) is 20.6. The molecule has 1 heterocycles. The Morgan fingerprint density at radius 3 is 2.52 bits per heavy atom. The van der Waals surface area contributed by atoms with Gasteiger partial charge in [0.1, 0.15) is 12.4 Å². The number of aryl methyl sites for hydroxylation is 1. The van der Waals surface area contributed by atoms with Crippen LogP contribution in [0.4, 0.5) is 0 Å². The van der Waals surface area contributed by atoms with Gasteiger partial charge in [-0.2, -0.15) is 0 Å². The van der Waals surface area contributed by atoms with Gasteiger partial charge in [0.15, 0.2) is 6.10 Å². The van der Waals surface area contributed by atoms with E-state index in [0.29, 0.717) is 24.5 Å². The van der Waals surface area contributed by atoms with Crippen LogP contribution in [0.2, 0.25) is 0 Å². The molecule has 0 radical (unpaired) electrons. The van der Waals surface area contributed by atoms with E-state index in [4.69, 9.17) is 14.2 Å². The average Bonchev–Trinajstić information content (AvgIpc) is 3.25. The van der Waals surface area contributed by atoms with E-state index in [1.54, 1.807) is 31.2 Å². The van der Waals surface area contributed by atoms with Gasteiger partial charge in [-0.1, -0.05) is 29.8 Å². The largest absolute Gasteiger partial charge is 0.491 e. The fourth-order valence-corrected chi connectivity index (χ4v) is 2.97. The molecule has 0 aliphatic carbocycles. The van der Waals surface area contributed by atoms with Crippen LogP contribution in [0.3, 0.4) is 0 Å². The second-order valence-corrected chi connectivity index (χ2v) is 7.22.